The molecule has 5 nitrogen and oxygen atoms in total. The highest BCUT2D eigenvalue weighted by Gasteiger charge is 2.14. The Bertz CT molecular complexity index is 577. The van der Waals surface area contributed by atoms with Crippen molar-refractivity contribution in [3.05, 3.63) is 29.6 Å². The van der Waals surface area contributed by atoms with E-state index in [1.807, 2.05) is 14.1 Å². The second-order valence-corrected chi connectivity index (χ2v) is 5.12. The number of rotatable bonds is 4. The number of likely N-dealkylation sites (N-methyl/N-ethyl adjacent to an activating group) is 1. The Kier molecular flexibility index (Phi) is 3.21. The van der Waals surface area contributed by atoms with Crippen LogP contribution in [0, 0.1) is 0 Å². The smallest absolute Gasteiger partial charge is 0.257 e. The number of nitrogens with zero attached hydrogens (tertiary/aromatic N) is 3. The molecule has 0 spiro atoms. The Morgan fingerprint density at radius 3 is 3.11 bits per heavy atom. The van der Waals surface area contributed by atoms with Crippen molar-refractivity contribution in [1.82, 2.24) is 15.0 Å². The van der Waals surface area contributed by atoms with Crippen molar-refractivity contribution in [2.24, 2.45) is 0 Å². The van der Waals surface area contributed by atoms with Gasteiger partial charge in [0.05, 0.1) is 0 Å². The number of benzene rings is 1. The molecule has 100 valence electrons. The van der Waals surface area contributed by atoms with E-state index in [2.05, 4.69) is 38.6 Å². The van der Waals surface area contributed by atoms with Gasteiger partial charge in [-0.25, -0.2) is 0 Å². The van der Waals surface area contributed by atoms with E-state index < -0.39 is 0 Å². The van der Waals surface area contributed by atoms with Crippen LogP contribution >= 0.6 is 0 Å². The molecular formula is C14H18N4O. The fraction of sp³-hybridized carbons (Fsp3) is 0.429. The van der Waals surface area contributed by atoms with Crippen molar-refractivity contribution in [3.63, 3.8) is 0 Å². The lowest BCUT2D eigenvalue weighted by Crippen LogP contribution is -2.15. The average molecular weight is 258 g/mol. The molecule has 1 aromatic carbocycles. The fourth-order valence-corrected chi connectivity index (χ4v) is 2.22. The third-order valence-electron chi connectivity index (χ3n) is 3.32. The van der Waals surface area contributed by atoms with Crippen LogP contribution in [0.2, 0.25) is 0 Å². The molecule has 1 aromatic heterocycles. The maximum atomic E-state index is 5.34. The van der Waals surface area contributed by atoms with Crippen molar-refractivity contribution < 1.29 is 4.52 Å². The quantitative estimate of drug-likeness (QED) is 0.906. The maximum Gasteiger partial charge on any atom is 0.257 e. The SMILES string of the molecule is CN(C)CCc1noc(-c2ccc3c(c2)NCC3)n1. The van der Waals surface area contributed by atoms with E-state index in [9.17, 15) is 0 Å². The van der Waals surface area contributed by atoms with Crippen LogP contribution in [0.5, 0.6) is 0 Å². The lowest BCUT2D eigenvalue weighted by Gasteiger charge is -2.05. The molecule has 3 rings (SSSR count). The van der Waals surface area contributed by atoms with E-state index in [1.165, 1.54) is 11.3 Å². The molecule has 5 heteroatoms. The van der Waals surface area contributed by atoms with Gasteiger partial charge in [-0.3, -0.25) is 0 Å². The largest absolute Gasteiger partial charge is 0.384 e. The first-order valence-corrected chi connectivity index (χ1v) is 6.57. The fourth-order valence-electron chi connectivity index (χ4n) is 2.22. The van der Waals surface area contributed by atoms with Crippen LogP contribution in [0.15, 0.2) is 22.7 Å². The topological polar surface area (TPSA) is 54.2 Å². The highest BCUT2D eigenvalue weighted by Crippen LogP contribution is 2.28. The predicted molar refractivity (Wildman–Crippen MR) is 74.2 cm³/mol. The zero-order chi connectivity index (χ0) is 13.2. The minimum atomic E-state index is 0.602. The van der Waals surface area contributed by atoms with Crippen LogP contribution in [-0.4, -0.2) is 42.2 Å². The first-order valence-electron chi connectivity index (χ1n) is 6.57. The summed E-state index contributed by atoms with van der Waals surface area (Å²) in [6.07, 6.45) is 1.90. The number of fused-ring (bicyclic) bond motifs is 1. The molecule has 0 unspecified atom stereocenters. The summed E-state index contributed by atoms with van der Waals surface area (Å²) in [5.41, 5.74) is 3.53. The molecule has 0 radical (unpaired) electrons. The number of hydrogen-bond acceptors (Lipinski definition) is 5. The van der Waals surface area contributed by atoms with Gasteiger partial charge in [-0.1, -0.05) is 11.2 Å². The zero-order valence-electron chi connectivity index (χ0n) is 11.3. The van der Waals surface area contributed by atoms with Crippen LogP contribution < -0.4 is 5.32 Å². The van der Waals surface area contributed by atoms with Gasteiger partial charge in [0.2, 0.25) is 0 Å². The van der Waals surface area contributed by atoms with Gasteiger partial charge in [-0.2, -0.15) is 4.98 Å². The molecule has 0 fully saturated rings. The Balaban J connectivity index is 1.79. The third kappa shape index (κ3) is 2.61. The molecule has 0 saturated carbocycles. The van der Waals surface area contributed by atoms with Gasteiger partial charge in [-0.05, 0) is 38.2 Å². The monoisotopic (exact) mass is 258 g/mol. The summed E-state index contributed by atoms with van der Waals surface area (Å²) < 4.78 is 5.34. The molecule has 2 aromatic rings. The van der Waals surface area contributed by atoms with Gasteiger partial charge < -0.3 is 14.7 Å². The Morgan fingerprint density at radius 2 is 2.26 bits per heavy atom. The summed E-state index contributed by atoms with van der Waals surface area (Å²) in [7, 11) is 4.07. The lowest BCUT2D eigenvalue weighted by molar-refractivity contribution is 0.392. The Labute approximate surface area is 112 Å². The van der Waals surface area contributed by atoms with E-state index >= 15 is 0 Å². The van der Waals surface area contributed by atoms with Crippen LogP contribution in [0.25, 0.3) is 11.5 Å². The summed E-state index contributed by atoms with van der Waals surface area (Å²) >= 11 is 0. The van der Waals surface area contributed by atoms with Crippen molar-refractivity contribution in [2.45, 2.75) is 12.8 Å². The molecule has 1 aliphatic heterocycles. The standard InChI is InChI=1S/C14H18N4O/c1-18(2)8-6-13-16-14(19-17-13)11-4-3-10-5-7-15-12(10)9-11/h3-4,9,15H,5-8H2,1-2H3. The zero-order valence-corrected chi connectivity index (χ0v) is 11.3. The number of aromatic nitrogens is 2. The normalized spacial score (nSPS) is 13.6. The highest BCUT2D eigenvalue weighted by atomic mass is 16.5. The van der Waals surface area contributed by atoms with Gasteiger partial charge in [0.1, 0.15) is 0 Å². The van der Waals surface area contributed by atoms with Gasteiger partial charge in [-0.15, -0.1) is 0 Å². The van der Waals surface area contributed by atoms with Gasteiger partial charge in [0.25, 0.3) is 5.89 Å². The second kappa shape index (κ2) is 5.01. The van der Waals surface area contributed by atoms with Crippen molar-refractivity contribution in [2.75, 3.05) is 32.5 Å². The number of anilines is 1. The Hall–Kier alpha value is -1.88. The van der Waals surface area contributed by atoms with Crippen LogP contribution in [0.4, 0.5) is 5.69 Å². The van der Waals surface area contributed by atoms with Crippen molar-refractivity contribution in [1.29, 1.82) is 0 Å². The van der Waals surface area contributed by atoms with Crippen LogP contribution in [0.1, 0.15) is 11.4 Å². The van der Waals surface area contributed by atoms with Crippen molar-refractivity contribution in [3.8, 4) is 11.5 Å². The molecule has 0 bridgehead atoms. The second-order valence-electron chi connectivity index (χ2n) is 5.12. The molecule has 1 N–H and O–H groups in total. The minimum Gasteiger partial charge on any atom is -0.384 e. The molecule has 0 saturated heterocycles. The highest BCUT2D eigenvalue weighted by molar-refractivity contribution is 5.66. The molecule has 19 heavy (non-hydrogen) atoms. The van der Waals surface area contributed by atoms with Crippen LogP contribution in [-0.2, 0) is 12.8 Å². The average Bonchev–Trinajstić information content (AvgIpc) is 3.04. The molecule has 0 amide bonds. The molecule has 1 aliphatic rings. The van der Waals surface area contributed by atoms with E-state index in [0.717, 1.165) is 37.3 Å². The van der Waals surface area contributed by atoms with E-state index in [-0.39, 0.29) is 0 Å². The summed E-state index contributed by atoms with van der Waals surface area (Å²) in [4.78, 5) is 6.55. The van der Waals surface area contributed by atoms with E-state index in [1.54, 1.807) is 0 Å². The van der Waals surface area contributed by atoms with Crippen LogP contribution in [0.3, 0.4) is 0 Å². The summed E-state index contributed by atoms with van der Waals surface area (Å²) in [5.74, 6) is 1.36. The molecule has 0 atom stereocenters. The molecular weight excluding hydrogens is 240 g/mol. The molecule has 0 aliphatic carbocycles. The van der Waals surface area contributed by atoms with E-state index in [0.29, 0.717) is 5.89 Å². The third-order valence-corrected chi connectivity index (χ3v) is 3.32. The Morgan fingerprint density at radius 1 is 1.37 bits per heavy atom. The summed E-state index contributed by atoms with van der Waals surface area (Å²) in [5, 5.41) is 7.39. The van der Waals surface area contributed by atoms with Gasteiger partial charge >= 0.3 is 0 Å². The van der Waals surface area contributed by atoms with Crippen molar-refractivity contribution >= 4 is 5.69 Å². The predicted octanol–water partition coefficient (Wildman–Crippen LogP) is 1.81. The lowest BCUT2D eigenvalue weighted by atomic mass is 10.1. The van der Waals surface area contributed by atoms with Gasteiger partial charge in [0, 0.05) is 30.8 Å². The number of hydrogen-bond donors (Lipinski definition) is 1. The molecule has 2 heterocycles. The number of nitrogens with one attached hydrogen (secondary N) is 1. The first-order chi connectivity index (χ1) is 9.22. The van der Waals surface area contributed by atoms with E-state index in [4.69, 9.17) is 4.52 Å². The summed E-state index contributed by atoms with van der Waals surface area (Å²) in [6.45, 7) is 1.93. The summed E-state index contributed by atoms with van der Waals surface area (Å²) in [6, 6.07) is 6.27. The maximum absolute atomic E-state index is 5.34. The minimum absolute atomic E-state index is 0.602. The van der Waals surface area contributed by atoms with Gasteiger partial charge in [0.15, 0.2) is 5.82 Å². The first kappa shape index (κ1) is 12.2.